The Morgan fingerprint density at radius 1 is 1.69 bits per heavy atom. The van der Waals surface area contributed by atoms with E-state index in [1.54, 1.807) is 11.3 Å². The molecule has 0 aliphatic heterocycles. The molecule has 3 nitrogen and oxygen atoms in total. The number of hydrogen-bond acceptors (Lipinski definition) is 4. The molecule has 1 saturated carbocycles. The lowest BCUT2D eigenvalue weighted by molar-refractivity contribution is 0.885. The van der Waals surface area contributed by atoms with Crippen LogP contribution in [-0.4, -0.2) is 24.6 Å². The van der Waals surface area contributed by atoms with Crippen LogP contribution in [0.4, 0.5) is 5.13 Å². The first-order valence-corrected chi connectivity index (χ1v) is 5.56. The van der Waals surface area contributed by atoms with Crippen molar-refractivity contribution in [3.8, 4) is 0 Å². The van der Waals surface area contributed by atoms with E-state index in [0.29, 0.717) is 6.54 Å². The highest BCUT2D eigenvalue weighted by atomic mass is 32.1. The van der Waals surface area contributed by atoms with Crippen LogP contribution in [-0.2, 0) is 6.42 Å². The second-order valence-electron chi connectivity index (χ2n) is 3.50. The van der Waals surface area contributed by atoms with Crippen molar-refractivity contribution in [2.45, 2.75) is 25.3 Å². The Hall–Kier alpha value is -0.610. The zero-order chi connectivity index (χ0) is 9.26. The van der Waals surface area contributed by atoms with E-state index in [1.165, 1.54) is 12.8 Å². The van der Waals surface area contributed by atoms with Crippen molar-refractivity contribution >= 4 is 16.5 Å². The summed E-state index contributed by atoms with van der Waals surface area (Å²) in [6.45, 7) is 0.691. The van der Waals surface area contributed by atoms with Gasteiger partial charge in [-0.15, -0.1) is 11.3 Å². The Morgan fingerprint density at radius 3 is 3.08 bits per heavy atom. The molecule has 2 rings (SSSR count). The number of nitrogens with zero attached hydrogens (tertiary/aromatic N) is 2. The minimum atomic E-state index is 0.691. The van der Waals surface area contributed by atoms with E-state index in [2.05, 4.69) is 22.3 Å². The number of aromatic nitrogens is 1. The van der Waals surface area contributed by atoms with Gasteiger partial charge in [0.15, 0.2) is 5.13 Å². The van der Waals surface area contributed by atoms with Gasteiger partial charge in [-0.2, -0.15) is 0 Å². The fraction of sp³-hybridized carbons (Fsp3) is 0.667. The Balaban J connectivity index is 2.03. The van der Waals surface area contributed by atoms with Crippen LogP contribution >= 0.6 is 11.3 Å². The molecule has 0 aromatic carbocycles. The molecule has 0 radical (unpaired) electrons. The Kier molecular flexibility index (Phi) is 2.51. The van der Waals surface area contributed by atoms with Crippen LogP contribution < -0.4 is 10.6 Å². The van der Waals surface area contributed by atoms with E-state index >= 15 is 0 Å². The van der Waals surface area contributed by atoms with Crippen LogP contribution in [0.1, 0.15) is 18.5 Å². The molecular formula is C9H15N3S. The predicted molar refractivity (Wildman–Crippen MR) is 56.3 cm³/mol. The Bertz CT molecular complexity index is 280. The summed E-state index contributed by atoms with van der Waals surface area (Å²) in [4.78, 5) is 6.81. The van der Waals surface area contributed by atoms with Crippen LogP contribution in [0.3, 0.4) is 0 Å². The van der Waals surface area contributed by atoms with Crippen LogP contribution in [0, 0.1) is 0 Å². The van der Waals surface area contributed by atoms with Gasteiger partial charge < -0.3 is 10.6 Å². The van der Waals surface area contributed by atoms with Gasteiger partial charge in [0.05, 0.1) is 5.69 Å². The Labute approximate surface area is 82.6 Å². The van der Waals surface area contributed by atoms with Crippen LogP contribution in [0.2, 0.25) is 0 Å². The maximum atomic E-state index is 5.47. The average Bonchev–Trinajstić information content (AvgIpc) is 2.87. The summed E-state index contributed by atoms with van der Waals surface area (Å²) in [6.07, 6.45) is 3.54. The maximum Gasteiger partial charge on any atom is 0.185 e. The van der Waals surface area contributed by atoms with E-state index in [4.69, 9.17) is 5.73 Å². The van der Waals surface area contributed by atoms with Crippen molar-refractivity contribution in [3.63, 3.8) is 0 Å². The minimum absolute atomic E-state index is 0.691. The first-order valence-electron chi connectivity index (χ1n) is 4.68. The predicted octanol–water partition coefficient (Wildman–Crippen LogP) is 1.24. The molecule has 1 fully saturated rings. The molecule has 13 heavy (non-hydrogen) atoms. The van der Waals surface area contributed by atoms with Gasteiger partial charge in [0.1, 0.15) is 0 Å². The number of thiazole rings is 1. The second-order valence-corrected chi connectivity index (χ2v) is 4.34. The molecule has 1 aromatic rings. The molecule has 4 heteroatoms. The maximum absolute atomic E-state index is 5.47. The molecule has 1 aliphatic rings. The molecular weight excluding hydrogens is 182 g/mol. The average molecular weight is 197 g/mol. The van der Waals surface area contributed by atoms with Gasteiger partial charge >= 0.3 is 0 Å². The van der Waals surface area contributed by atoms with E-state index in [-0.39, 0.29) is 0 Å². The summed E-state index contributed by atoms with van der Waals surface area (Å²) in [5.74, 6) is 0. The summed E-state index contributed by atoms with van der Waals surface area (Å²) in [6, 6.07) is 0.747. The number of rotatable bonds is 4. The fourth-order valence-electron chi connectivity index (χ4n) is 1.34. The molecule has 1 aliphatic carbocycles. The lowest BCUT2D eigenvalue weighted by Crippen LogP contribution is -2.19. The number of nitrogens with two attached hydrogens (primary N) is 1. The molecule has 0 bridgehead atoms. The highest BCUT2D eigenvalue weighted by Crippen LogP contribution is 2.31. The molecule has 0 unspecified atom stereocenters. The molecule has 72 valence electrons. The lowest BCUT2D eigenvalue weighted by atomic mass is 10.3. The SMILES string of the molecule is CN(c1nc(CCN)cs1)C1CC1. The lowest BCUT2D eigenvalue weighted by Gasteiger charge is -2.13. The molecule has 1 aromatic heterocycles. The van der Waals surface area contributed by atoms with Crippen molar-refractivity contribution in [1.29, 1.82) is 0 Å². The normalized spacial score (nSPS) is 16.2. The van der Waals surface area contributed by atoms with Crippen molar-refractivity contribution in [1.82, 2.24) is 4.98 Å². The van der Waals surface area contributed by atoms with Crippen LogP contribution in [0.15, 0.2) is 5.38 Å². The first-order chi connectivity index (χ1) is 6.31. The topological polar surface area (TPSA) is 42.2 Å². The van der Waals surface area contributed by atoms with E-state index in [0.717, 1.165) is 23.3 Å². The number of hydrogen-bond donors (Lipinski definition) is 1. The summed E-state index contributed by atoms with van der Waals surface area (Å²) in [5, 5.41) is 3.26. The molecule has 0 spiro atoms. The van der Waals surface area contributed by atoms with Crippen molar-refractivity contribution in [2.75, 3.05) is 18.5 Å². The monoisotopic (exact) mass is 197 g/mol. The summed E-state index contributed by atoms with van der Waals surface area (Å²) in [7, 11) is 2.13. The van der Waals surface area contributed by atoms with E-state index < -0.39 is 0 Å². The zero-order valence-electron chi connectivity index (χ0n) is 7.86. The van der Waals surface area contributed by atoms with E-state index in [9.17, 15) is 0 Å². The highest BCUT2D eigenvalue weighted by molar-refractivity contribution is 7.13. The summed E-state index contributed by atoms with van der Waals surface area (Å²) in [5.41, 5.74) is 6.60. The Morgan fingerprint density at radius 2 is 2.46 bits per heavy atom. The zero-order valence-corrected chi connectivity index (χ0v) is 8.68. The summed E-state index contributed by atoms with van der Waals surface area (Å²) < 4.78 is 0. The molecule has 1 heterocycles. The van der Waals surface area contributed by atoms with Crippen molar-refractivity contribution in [3.05, 3.63) is 11.1 Å². The van der Waals surface area contributed by atoms with Gasteiger partial charge in [-0.25, -0.2) is 4.98 Å². The quantitative estimate of drug-likeness (QED) is 0.789. The smallest absolute Gasteiger partial charge is 0.185 e. The third kappa shape index (κ3) is 2.00. The van der Waals surface area contributed by atoms with Gasteiger partial charge in [-0.1, -0.05) is 0 Å². The van der Waals surface area contributed by atoms with Gasteiger partial charge in [0.2, 0.25) is 0 Å². The second kappa shape index (κ2) is 3.64. The van der Waals surface area contributed by atoms with Gasteiger partial charge in [0.25, 0.3) is 0 Å². The van der Waals surface area contributed by atoms with Gasteiger partial charge in [-0.05, 0) is 19.4 Å². The number of anilines is 1. The largest absolute Gasteiger partial charge is 0.348 e. The van der Waals surface area contributed by atoms with Gasteiger partial charge in [-0.3, -0.25) is 0 Å². The standard InChI is InChI=1S/C9H15N3S/c1-12(8-2-3-8)9-11-7(4-5-10)6-13-9/h6,8H,2-5,10H2,1H3. The van der Waals surface area contributed by atoms with E-state index in [1.807, 2.05) is 0 Å². The third-order valence-corrected chi connectivity index (χ3v) is 3.32. The van der Waals surface area contributed by atoms with Crippen molar-refractivity contribution < 1.29 is 0 Å². The van der Waals surface area contributed by atoms with Crippen LogP contribution in [0.25, 0.3) is 0 Å². The first kappa shape index (κ1) is 8.97. The third-order valence-electron chi connectivity index (χ3n) is 2.34. The molecule has 0 atom stereocenters. The van der Waals surface area contributed by atoms with Crippen molar-refractivity contribution in [2.24, 2.45) is 5.73 Å². The molecule has 0 saturated heterocycles. The molecule has 2 N–H and O–H groups in total. The highest BCUT2D eigenvalue weighted by Gasteiger charge is 2.27. The molecule has 0 amide bonds. The van der Waals surface area contributed by atoms with Crippen LogP contribution in [0.5, 0.6) is 0 Å². The summed E-state index contributed by atoms with van der Waals surface area (Å²) >= 11 is 1.73. The fourth-order valence-corrected chi connectivity index (χ4v) is 2.24. The van der Waals surface area contributed by atoms with Gasteiger partial charge in [0, 0.05) is 24.9 Å². The minimum Gasteiger partial charge on any atom is -0.348 e.